The number of hydrogen-bond acceptors (Lipinski definition) is 3. The first-order valence-electron chi connectivity index (χ1n) is 7.35. The minimum atomic E-state index is -0.400. The van der Waals surface area contributed by atoms with E-state index in [-0.39, 0.29) is 0 Å². The maximum Gasteiger partial charge on any atom is 0.0774 e. The van der Waals surface area contributed by atoms with Crippen LogP contribution >= 0.6 is 0 Å². The summed E-state index contributed by atoms with van der Waals surface area (Å²) in [5.41, 5.74) is -0.400. The van der Waals surface area contributed by atoms with Crippen molar-refractivity contribution >= 4 is 0 Å². The van der Waals surface area contributed by atoms with E-state index in [4.69, 9.17) is 4.74 Å². The molecule has 1 heterocycles. The van der Waals surface area contributed by atoms with Crippen LogP contribution in [0.25, 0.3) is 0 Å². The second-order valence-electron chi connectivity index (χ2n) is 6.16. The van der Waals surface area contributed by atoms with Gasteiger partial charge >= 0.3 is 0 Å². The van der Waals surface area contributed by atoms with Crippen LogP contribution < -0.4 is 0 Å². The van der Waals surface area contributed by atoms with E-state index in [0.717, 1.165) is 32.5 Å². The van der Waals surface area contributed by atoms with Gasteiger partial charge in [0.1, 0.15) is 0 Å². The molecular weight excluding hydrogens is 214 g/mol. The molecule has 3 heteroatoms. The van der Waals surface area contributed by atoms with E-state index in [1.54, 1.807) is 0 Å². The van der Waals surface area contributed by atoms with Gasteiger partial charge in [-0.15, -0.1) is 0 Å². The molecule has 2 saturated carbocycles. The third-order valence-corrected chi connectivity index (χ3v) is 4.88. The average Bonchev–Trinajstić information content (AvgIpc) is 2.79. The summed E-state index contributed by atoms with van der Waals surface area (Å²) < 4.78 is 5.83. The predicted octanol–water partition coefficient (Wildman–Crippen LogP) is 1.93. The molecular formula is C14H25NO2. The standard InChI is InChI=1S/C14H25NO2/c16-14(7-2-1-3-8-14)11-15-9-10-17-13-6-4-5-12(13)15/h12-13,16H,1-11H2. The molecule has 0 bridgehead atoms. The Morgan fingerprint density at radius 1 is 1.12 bits per heavy atom. The highest BCUT2D eigenvalue weighted by Gasteiger charge is 2.40. The summed E-state index contributed by atoms with van der Waals surface area (Å²) in [5.74, 6) is 0. The zero-order chi connectivity index (χ0) is 11.7. The Kier molecular flexibility index (Phi) is 3.42. The molecule has 3 rings (SSSR count). The van der Waals surface area contributed by atoms with E-state index in [0.29, 0.717) is 12.1 Å². The Hall–Kier alpha value is -0.120. The van der Waals surface area contributed by atoms with Gasteiger partial charge in [0.15, 0.2) is 0 Å². The van der Waals surface area contributed by atoms with Crippen molar-refractivity contribution in [3.05, 3.63) is 0 Å². The van der Waals surface area contributed by atoms with Crippen molar-refractivity contribution in [3.63, 3.8) is 0 Å². The fourth-order valence-electron chi connectivity index (χ4n) is 3.95. The molecule has 1 saturated heterocycles. The molecule has 0 radical (unpaired) electrons. The minimum absolute atomic E-state index is 0.400. The monoisotopic (exact) mass is 239 g/mol. The Morgan fingerprint density at radius 2 is 1.94 bits per heavy atom. The third-order valence-electron chi connectivity index (χ3n) is 4.88. The topological polar surface area (TPSA) is 32.7 Å². The summed E-state index contributed by atoms with van der Waals surface area (Å²) in [4.78, 5) is 2.52. The highest BCUT2D eigenvalue weighted by atomic mass is 16.5. The first kappa shape index (κ1) is 11.9. The van der Waals surface area contributed by atoms with Gasteiger partial charge in [-0.2, -0.15) is 0 Å². The highest BCUT2D eigenvalue weighted by Crippen LogP contribution is 2.34. The summed E-state index contributed by atoms with van der Waals surface area (Å²) in [6, 6.07) is 0.592. The molecule has 17 heavy (non-hydrogen) atoms. The molecule has 2 atom stereocenters. The lowest BCUT2D eigenvalue weighted by atomic mass is 9.84. The summed E-state index contributed by atoms with van der Waals surface area (Å²) >= 11 is 0. The lowest BCUT2D eigenvalue weighted by Crippen LogP contribution is -2.54. The molecule has 3 aliphatic rings. The Bertz CT molecular complexity index is 263. The fourth-order valence-corrected chi connectivity index (χ4v) is 3.95. The van der Waals surface area contributed by atoms with Crippen molar-refractivity contribution in [2.75, 3.05) is 19.7 Å². The minimum Gasteiger partial charge on any atom is -0.389 e. The van der Waals surface area contributed by atoms with E-state index >= 15 is 0 Å². The van der Waals surface area contributed by atoms with Crippen LogP contribution in [0.3, 0.4) is 0 Å². The SMILES string of the molecule is OC1(CN2CCOC3CCCC32)CCCCC1. The van der Waals surface area contributed by atoms with Crippen molar-refractivity contribution in [3.8, 4) is 0 Å². The maximum atomic E-state index is 10.7. The van der Waals surface area contributed by atoms with Crippen LogP contribution in [0.5, 0.6) is 0 Å². The van der Waals surface area contributed by atoms with Crippen LogP contribution in [0, 0.1) is 0 Å². The third kappa shape index (κ3) is 2.51. The Balaban J connectivity index is 1.63. The zero-order valence-corrected chi connectivity index (χ0v) is 10.7. The van der Waals surface area contributed by atoms with E-state index < -0.39 is 5.60 Å². The molecule has 2 aliphatic carbocycles. The number of morpholine rings is 1. The van der Waals surface area contributed by atoms with Crippen LogP contribution in [-0.4, -0.2) is 47.4 Å². The molecule has 0 aromatic carbocycles. The summed E-state index contributed by atoms with van der Waals surface area (Å²) in [6.07, 6.45) is 9.95. The van der Waals surface area contributed by atoms with Gasteiger partial charge in [0.2, 0.25) is 0 Å². The van der Waals surface area contributed by atoms with Crippen molar-refractivity contribution < 1.29 is 9.84 Å². The molecule has 1 aliphatic heterocycles. The van der Waals surface area contributed by atoms with Crippen molar-refractivity contribution in [1.82, 2.24) is 4.90 Å². The molecule has 0 aromatic rings. The largest absolute Gasteiger partial charge is 0.389 e. The van der Waals surface area contributed by atoms with Gasteiger partial charge in [-0.1, -0.05) is 19.3 Å². The quantitative estimate of drug-likeness (QED) is 0.799. The lowest BCUT2D eigenvalue weighted by molar-refractivity contribution is -0.0962. The van der Waals surface area contributed by atoms with Crippen LogP contribution in [0.2, 0.25) is 0 Å². The molecule has 0 spiro atoms. The van der Waals surface area contributed by atoms with Gasteiger partial charge < -0.3 is 9.84 Å². The highest BCUT2D eigenvalue weighted by molar-refractivity contribution is 4.94. The van der Waals surface area contributed by atoms with E-state index in [2.05, 4.69) is 4.90 Å². The molecule has 1 N–H and O–H groups in total. The number of hydrogen-bond donors (Lipinski definition) is 1. The van der Waals surface area contributed by atoms with Gasteiger partial charge in [-0.05, 0) is 32.1 Å². The Labute approximate surface area is 104 Å². The second-order valence-corrected chi connectivity index (χ2v) is 6.16. The average molecular weight is 239 g/mol. The smallest absolute Gasteiger partial charge is 0.0774 e. The van der Waals surface area contributed by atoms with Crippen molar-refractivity contribution in [2.24, 2.45) is 0 Å². The van der Waals surface area contributed by atoms with Gasteiger partial charge in [-0.25, -0.2) is 0 Å². The Morgan fingerprint density at radius 3 is 2.76 bits per heavy atom. The van der Waals surface area contributed by atoms with E-state index in [9.17, 15) is 5.11 Å². The van der Waals surface area contributed by atoms with Gasteiger partial charge in [-0.3, -0.25) is 4.90 Å². The number of fused-ring (bicyclic) bond motifs is 1. The van der Waals surface area contributed by atoms with Crippen LogP contribution in [0.15, 0.2) is 0 Å². The number of ether oxygens (including phenoxy) is 1. The van der Waals surface area contributed by atoms with E-state index in [1.807, 2.05) is 0 Å². The molecule has 98 valence electrons. The molecule has 2 unspecified atom stereocenters. The van der Waals surface area contributed by atoms with Gasteiger partial charge in [0.05, 0.1) is 18.3 Å². The summed E-state index contributed by atoms with van der Waals surface area (Å²) in [6.45, 7) is 2.76. The first-order valence-corrected chi connectivity index (χ1v) is 7.35. The van der Waals surface area contributed by atoms with Gasteiger partial charge in [0.25, 0.3) is 0 Å². The molecule has 0 aromatic heterocycles. The van der Waals surface area contributed by atoms with Crippen LogP contribution in [0.4, 0.5) is 0 Å². The maximum absolute atomic E-state index is 10.7. The summed E-state index contributed by atoms with van der Waals surface area (Å²) in [7, 11) is 0. The van der Waals surface area contributed by atoms with Crippen molar-refractivity contribution in [1.29, 1.82) is 0 Å². The molecule has 3 fully saturated rings. The summed E-state index contributed by atoms with van der Waals surface area (Å²) in [5, 5.41) is 10.7. The first-order chi connectivity index (χ1) is 8.27. The van der Waals surface area contributed by atoms with Crippen LogP contribution in [0.1, 0.15) is 51.4 Å². The fraction of sp³-hybridized carbons (Fsp3) is 1.00. The number of nitrogens with zero attached hydrogens (tertiary/aromatic N) is 1. The van der Waals surface area contributed by atoms with E-state index in [1.165, 1.54) is 38.5 Å². The number of aliphatic hydroxyl groups is 1. The van der Waals surface area contributed by atoms with Crippen LogP contribution in [-0.2, 0) is 4.74 Å². The molecule has 3 nitrogen and oxygen atoms in total. The lowest BCUT2D eigenvalue weighted by Gasteiger charge is -2.43. The normalized spacial score (nSPS) is 37.9. The van der Waals surface area contributed by atoms with Gasteiger partial charge in [0, 0.05) is 19.1 Å². The predicted molar refractivity (Wildman–Crippen MR) is 67.0 cm³/mol. The number of β-amino-alcohol motifs (C(OH)–C–C–N with tert-alkyl or cyclic N) is 1. The molecule has 0 amide bonds. The number of rotatable bonds is 2. The van der Waals surface area contributed by atoms with Crippen molar-refractivity contribution in [2.45, 2.75) is 69.1 Å². The second kappa shape index (κ2) is 4.87. The zero-order valence-electron chi connectivity index (χ0n) is 10.7.